The quantitative estimate of drug-likeness (QED) is 0.560. The van der Waals surface area contributed by atoms with Crippen LogP contribution in [0.3, 0.4) is 0 Å². The monoisotopic (exact) mass is 478 g/mol. The molecule has 1 aliphatic heterocycles. The average molecular weight is 479 g/mol. The fraction of sp³-hybridized carbons (Fsp3) is 0.464. The molecule has 0 radical (unpaired) electrons. The molecule has 1 saturated heterocycles. The van der Waals surface area contributed by atoms with Gasteiger partial charge in [-0.1, -0.05) is 48.5 Å². The fourth-order valence-electron chi connectivity index (χ4n) is 5.28. The first kappa shape index (κ1) is 24.8. The lowest BCUT2D eigenvalue weighted by molar-refractivity contribution is -0.142. The van der Waals surface area contributed by atoms with Crippen molar-refractivity contribution in [1.29, 1.82) is 0 Å². The predicted molar refractivity (Wildman–Crippen MR) is 133 cm³/mol. The Morgan fingerprint density at radius 2 is 1.66 bits per heavy atom. The number of hydrogen-bond donors (Lipinski definition) is 2. The zero-order valence-electron chi connectivity index (χ0n) is 20.5. The van der Waals surface area contributed by atoms with Crippen LogP contribution in [0.15, 0.2) is 48.5 Å². The van der Waals surface area contributed by atoms with Gasteiger partial charge in [0.2, 0.25) is 5.91 Å². The molecule has 1 atom stereocenters. The summed E-state index contributed by atoms with van der Waals surface area (Å²) in [5.74, 6) is -0.951. The Kier molecular flexibility index (Phi) is 7.43. The third kappa shape index (κ3) is 5.84. The number of nitrogens with one attached hydrogen (secondary N) is 1. The first-order chi connectivity index (χ1) is 16.7. The number of carboxylic acid groups (broad SMARTS) is 1. The molecular weight excluding hydrogens is 444 g/mol. The Hall–Kier alpha value is -3.35. The highest BCUT2D eigenvalue weighted by molar-refractivity contribution is 5.79. The van der Waals surface area contributed by atoms with Gasteiger partial charge in [0.25, 0.3) is 0 Å². The number of nitrogens with zero attached hydrogens (tertiary/aromatic N) is 1. The maximum atomic E-state index is 12.8. The summed E-state index contributed by atoms with van der Waals surface area (Å²) in [4.78, 5) is 38.4. The second-order valence-electron chi connectivity index (χ2n) is 10.2. The Balaban J connectivity index is 1.30. The Morgan fingerprint density at radius 1 is 1.03 bits per heavy atom. The third-order valence-electron chi connectivity index (χ3n) is 7.11. The van der Waals surface area contributed by atoms with E-state index in [2.05, 4.69) is 29.6 Å². The Morgan fingerprint density at radius 3 is 2.29 bits per heavy atom. The molecule has 2 N–H and O–H groups in total. The van der Waals surface area contributed by atoms with Crippen molar-refractivity contribution in [2.75, 3.05) is 13.2 Å². The molecule has 1 aliphatic carbocycles. The van der Waals surface area contributed by atoms with Crippen LogP contribution in [0.2, 0.25) is 0 Å². The van der Waals surface area contributed by atoms with Gasteiger partial charge in [-0.3, -0.25) is 9.59 Å². The number of hydrogen-bond acceptors (Lipinski definition) is 4. The number of benzene rings is 2. The number of piperidine rings is 1. The van der Waals surface area contributed by atoms with Crippen molar-refractivity contribution in [1.82, 2.24) is 10.2 Å². The fourth-order valence-corrected chi connectivity index (χ4v) is 5.28. The van der Waals surface area contributed by atoms with E-state index in [0.29, 0.717) is 13.0 Å². The summed E-state index contributed by atoms with van der Waals surface area (Å²) < 4.78 is 5.65. The highest BCUT2D eigenvalue weighted by atomic mass is 16.5. The molecule has 2 aliphatic rings. The maximum absolute atomic E-state index is 12.8. The summed E-state index contributed by atoms with van der Waals surface area (Å²) in [6, 6.07) is 16.1. The van der Waals surface area contributed by atoms with Gasteiger partial charge >= 0.3 is 12.1 Å². The van der Waals surface area contributed by atoms with Gasteiger partial charge in [-0.25, -0.2) is 4.79 Å². The summed E-state index contributed by atoms with van der Waals surface area (Å²) in [6.07, 6.45) is 2.71. The molecule has 0 spiro atoms. The van der Waals surface area contributed by atoms with Gasteiger partial charge in [0.05, 0.1) is 6.42 Å². The average Bonchev–Trinajstić information content (AvgIpc) is 3.15. The third-order valence-corrected chi connectivity index (χ3v) is 7.11. The largest absolute Gasteiger partial charge is 0.481 e. The van der Waals surface area contributed by atoms with E-state index >= 15 is 0 Å². The number of rotatable bonds is 8. The molecule has 2 amide bonds. The van der Waals surface area contributed by atoms with Crippen molar-refractivity contribution in [3.8, 4) is 11.1 Å². The Labute approximate surface area is 206 Å². The van der Waals surface area contributed by atoms with Crippen molar-refractivity contribution in [2.24, 2.45) is 0 Å². The number of aliphatic carboxylic acids is 1. The second kappa shape index (κ2) is 10.5. The van der Waals surface area contributed by atoms with Gasteiger partial charge in [-0.15, -0.1) is 0 Å². The number of alkyl carbamates (subject to hydrolysis) is 1. The number of carbonyl (C=O) groups is 3. The van der Waals surface area contributed by atoms with Gasteiger partial charge in [0, 0.05) is 30.5 Å². The van der Waals surface area contributed by atoms with Crippen LogP contribution in [0.1, 0.15) is 69.4 Å². The standard InChI is InChI=1S/C28H34N2O5/c1-28(2,15-14-25(31)30-16-8-7-9-19(30)17-26(32)33)29-27(34)35-18-24-22-12-5-3-10-20(22)21-11-4-6-13-23(21)24/h3-6,10-13,19,24H,7-9,14-18H2,1-2H3,(H,29,34)(H,32,33). The van der Waals surface area contributed by atoms with Gasteiger partial charge in [0.15, 0.2) is 0 Å². The van der Waals surface area contributed by atoms with Crippen molar-refractivity contribution in [3.05, 3.63) is 59.7 Å². The molecule has 2 aromatic rings. The summed E-state index contributed by atoms with van der Waals surface area (Å²) >= 11 is 0. The maximum Gasteiger partial charge on any atom is 0.407 e. The smallest absolute Gasteiger partial charge is 0.407 e. The molecule has 1 heterocycles. The molecule has 7 heteroatoms. The Bertz CT molecular complexity index is 1050. The van der Waals surface area contributed by atoms with E-state index in [1.165, 1.54) is 11.1 Å². The summed E-state index contributed by atoms with van der Waals surface area (Å²) in [6.45, 7) is 4.57. The summed E-state index contributed by atoms with van der Waals surface area (Å²) in [5, 5.41) is 12.1. The predicted octanol–water partition coefficient (Wildman–Crippen LogP) is 4.94. The van der Waals surface area contributed by atoms with E-state index < -0.39 is 17.6 Å². The molecule has 2 aromatic carbocycles. The van der Waals surface area contributed by atoms with Crippen molar-refractivity contribution < 1.29 is 24.2 Å². The number of fused-ring (bicyclic) bond motifs is 3. The molecule has 0 aromatic heterocycles. The zero-order valence-corrected chi connectivity index (χ0v) is 20.5. The minimum Gasteiger partial charge on any atom is -0.481 e. The molecule has 0 saturated carbocycles. The lowest BCUT2D eigenvalue weighted by atomic mass is 9.95. The molecule has 186 valence electrons. The van der Waals surface area contributed by atoms with E-state index in [0.717, 1.165) is 30.4 Å². The first-order valence-electron chi connectivity index (χ1n) is 12.4. The van der Waals surface area contributed by atoms with E-state index in [4.69, 9.17) is 9.84 Å². The molecular formula is C28H34N2O5. The molecule has 4 rings (SSSR count). The number of amides is 2. The van der Waals surface area contributed by atoms with Crippen LogP contribution in [0.5, 0.6) is 0 Å². The number of ether oxygens (including phenoxy) is 1. The molecule has 1 unspecified atom stereocenters. The van der Waals surface area contributed by atoms with Gasteiger partial charge in [0.1, 0.15) is 6.61 Å². The van der Waals surface area contributed by atoms with Crippen LogP contribution in [0, 0.1) is 0 Å². The minimum atomic E-state index is -0.882. The van der Waals surface area contributed by atoms with E-state index in [1.54, 1.807) is 4.90 Å². The lowest BCUT2D eigenvalue weighted by Crippen LogP contribution is -2.47. The SMILES string of the molecule is CC(C)(CCC(=O)N1CCCCC1CC(=O)O)NC(=O)OCC1c2ccccc2-c2ccccc21. The number of carboxylic acids is 1. The van der Waals surface area contributed by atoms with E-state index in [-0.39, 0.29) is 37.3 Å². The topological polar surface area (TPSA) is 95.9 Å². The molecule has 1 fully saturated rings. The van der Waals surface area contributed by atoms with Crippen LogP contribution < -0.4 is 5.32 Å². The molecule has 7 nitrogen and oxygen atoms in total. The highest BCUT2D eigenvalue weighted by Crippen LogP contribution is 2.44. The van der Waals surface area contributed by atoms with Crippen LogP contribution in [0.25, 0.3) is 11.1 Å². The normalized spacial score (nSPS) is 17.4. The minimum absolute atomic E-state index is 0.0110. The van der Waals surface area contributed by atoms with E-state index in [1.807, 2.05) is 38.1 Å². The number of likely N-dealkylation sites (tertiary alicyclic amines) is 1. The van der Waals surface area contributed by atoms with Gasteiger partial charge in [-0.05, 0) is 61.8 Å². The molecule has 35 heavy (non-hydrogen) atoms. The van der Waals surface area contributed by atoms with Crippen molar-refractivity contribution in [3.63, 3.8) is 0 Å². The highest BCUT2D eigenvalue weighted by Gasteiger charge is 2.32. The van der Waals surface area contributed by atoms with Crippen molar-refractivity contribution in [2.45, 2.75) is 69.9 Å². The van der Waals surface area contributed by atoms with Crippen LogP contribution in [-0.4, -0.2) is 52.7 Å². The van der Waals surface area contributed by atoms with Crippen LogP contribution in [0.4, 0.5) is 4.79 Å². The van der Waals surface area contributed by atoms with Gasteiger partial charge < -0.3 is 20.1 Å². The summed E-state index contributed by atoms with van der Waals surface area (Å²) in [7, 11) is 0. The first-order valence-corrected chi connectivity index (χ1v) is 12.4. The second-order valence-corrected chi connectivity index (χ2v) is 10.2. The van der Waals surface area contributed by atoms with Crippen LogP contribution in [-0.2, 0) is 14.3 Å². The van der Waals surface area contributed by atoms with E-state index in [9.17, 15) is 14.4 Å². The zero-order chi connectivity index (χ0) is 25.0. The summed E-state index contributed by atoms with van der Waals surface area (Å²) in [5.41, 5.74) is 4.02. The van der Waals surface area contributed by atoms with Gasteiger partial charge in [-0.2, -0.15) is 0 Å². The molecule has 0 bridgehead atoms. The van der Waals surface area contributed by atoms with Crippen LogP contribution >= 0.6 is 0 Å². The number of carbonyl (C=O) groups excluding carboxylic acids is 2. The lowest BCUT2D eigenvalue weighted by Gasteiger charge is -2.36. The van der Waals surface area contributed by atoms with Crippen molar-refractivity contribution >= 4 is 18.0 Å².